The number of nitrogens with zero attached hydrogens (tertiary/aromatic N) is 3. The van der Waals surface area contributed by atoms with Gasteiger partial charge in [0.25, 0.3) is 5.91 Å². The van der Waals surface area contributed by atoms with Crippen LogP contribution in [0, 0.1) is 0 Å². The minimum absolute atomic E-state index is 0.110. The summed E-state index contributed by atoms with van der Waals surface area (Å²) in [6.07, 6.45) is -4.41. The molecule has 0 radical (unpaired) electrons. The lowest BCUT2D eigenvalue weighted by molar-refractivity contribution is -0.137. The summed E-state index contributed by atoms with van der Waals surface area (Å²) in [4.78, 5) is 16.6. The largest absolute Gasteiger partial charge is 0.416 e. The smallest absolute Gasteiger partial charge is 0.265 e. The van der Waals surface area contributed by atoms with Crippen LogP contribution in [0.3, 0.4) is 0 Å². The van der Waals surface area contributed by atoms with Gasteiger partial charge in [-0.3, -0.25) is 4.79 Å². The zero-order valence-electron chi connectivity index (χ0n) is 12.6. The minimum Gasteiger partial charge on any atom is -0.265 e. The highest BCUT2D eigenvalue weighted by atomic mass is 19.4. The Morgan fingerprint density at radius 2 is 1.62 bits per heavy atom. The molecule has 0 N–H and O–H groups in total. The number of hydrazone groups is 1. The molecule has 0 aromatic heterocycles. The van der Waals surface area contributed by atoms with Crippen LogP contribution in [-0.4, -0.2) is 17.3 Å². The maximum atomic E-state index is 12.6. The Bertz CT molecular complexity index is 824. The number of hydrogen-bond acceptors (Lipinski definition) is 3. The molecule has 0 spiro atoms. The van der Waals surface area contributed by atoms with E-state index in [0.717, 1.165) is 12.1 Å². The number of hydrogen-bond donors (Lipinski definition) is 0. The maximum absolute atomic E-state index is 12.6. The molecular formula is C17H12F3N3O. The Morgan fingerprint density at radius 1 is 1.00 bits per heavy atom. The van der Waals surface area contributed by atoms with Crippen LogP contribution in [0.15, 0.2) is 64.7 Å². The average molecular weight is 331 g/mol. The Kier molecular flexibility index (Phi) is 3.92. The lowest BCUT2D eigenvalue weighted by atomic mass is 10.2. The van der Waals surface area contributed by atoms with E-state index >= 15 is 0 Å². The predicted octanol–water partition coefficient (Wildman–Crippen LogP) is 4.20. The molecule has 0 atom stereocenters. The van der Waals surface area contributed by atoms with Crippen molar-refractivity contribution in [2.24, 2.45) is 10.1 Å². The molecule has 1 aliphatic rings. The topological polar surface area (TPSA) is 45.0 Å². The third-order valence-electron chi connectivity index (χ3n) is 3.42. The van der Waals surface area contributed by atoms with Gasteiger partial charge in [-0.05, 0) is 43.3 Å². The molecule has 0 fully saturated rings. The highest BCUT2D eigenvalue weighted by molar-refractivity contribution is 6.71. The molecule has 2 aromatic carbocycles. The fourth-order valence-corrected chi connectivity index (χ4v) is 2.22. The second kappa shape index (κ2) is 5.92. The standard InChI is InChI=1S/C17H12F3N3O/c1-11-15(16(24)23(22-11)14-5-3-2-4-6-14)21-13-9-7-12(8-10-13)17(18,19)20/h2-10H,1H3. The quantitative estimate of drug-likeness (QED) is 0.813. The van der Waals surface area contributed by atoms with Gasteiger partial charge in [-0.2, -0.15) is 23.3 Å². The number of carbonyl (C=O) groups is 1. The summed E-state index contributed by atoms with van der Waals surface area (Å²) in [6.45, 7) is 1.63. The minimum atomic E-state index is -4.41. The Hall–Kier alpha value is -2.96. The zero-order valence-corrected chi connectivity index (χ0v) is 12.6. The van der Waals surface area contributed by atoms with Crippen molar-refractivity contribution in [3.63, 3.8) is 0 Å². The zero-order chi connectivity index (χ0) is 17.3. The van der Waals surface area contributed by atoms with Gasteiger partial charge in [-0.1, -0.05) is 18.2 Å². The van der Waals surface area contributed by atoms with E-state index in [0.29, 0.717) is 11.4 Å². The summed E-state index contributed by atoms with van der Waals surface area (Å²) in [5.74, 6) is -0.418. The first-order valence-electron chi connectivity index (χ1n) is 7.07. The van der Waals surface area contributed by atoms with Crippen molar-refractivity contribution >= 4 is 28.7 Å². The van der Waals surface area contributed by atoms with E-state index < -0.39 is 17.6 Å². The van der Waals surface area contributed by atoms with Gasteiger partial charge in [0.15, 0.2) is 5.71 Å². The molecule has 4 nitrogen and oxygen atoms in total. The first kappa shape index (κ1) is 15.9. The van der Waals surface area contributed by atoms with Crippen molar-refractivity contribution in [1.29, 1.82) is 0 Å². The van der Waals surface area contributed by atoms with Gasteiger partial charge in [0.2, 0.25) is 0 Å². The number of alkyl halides is 3. The molecule has 122 valence electrons. The van der Waals surface area contributed by atoms with Gasteiger partial charge in [0.1, 0.15) is 0 Å². The number of rotatable bonds is 2. The van der Waals surface area contributed by atoms with Crippen LogP contribution in [-0.2, 0) is 11.0 Å². The highest BCUT2D eigenvalue weighted by Gasteiger charge is 2.31. The molecule has 0 bridgehead atoms. The Morgan fingerprint density at radius 3 is 2.21 bits per heavy atom. The number of carbonyl (C=O) groups excluding carboxylic acids is 1. The van der Waals surface area contributed by atoms with Gasteiger partial charge in [-0.25, -0.2) is 4.99 Å². The summed E-state index contributed by atoms with van der Waals surface area (Å²) < 4.78 is 37.7. The van der Waals surface area contributed by atoms with Crippen molar-refractivity contribution in [2.45, 2.75) is 13.1 Å². The number of para-hydroxylation sites is 1. The molecule has 0 unspecified atom stereocenters. The van der Waals surface area contributed by atoms with Crippen molar-refractivity contribution in [2.75, 3.05) is 5.01 Å². The van der Waals surface area contributed by atoms with Crippen LogP contribution in [0.2, 0.25) is 0 Å². The third-order valence-corrected chi connectivity index (χ3v) is 3.42. The monoisotopic (exact) mass is 331 g/mol. The normalized spacial score (nSPS) is 16.7. The lowest BCUT2D eigenvalue weighted by Crippen LogP contribution is -2.27. The van der Waals surface area contributed by atoms with Crippen LogP contribution in [0.4, 0.5) is 24.5 Å². The van der Waals surface area contributed by atoms with Crippen molar-refractivity contribution < 1.29 is 18.0 Å². The van der Waals surface area contributed by atoms with Crippen LogP contribution in [0.5, 0.6) is 0 Å². The first-order chi connectivity index (χ1) is 11.4. The van der Waals surface area contributed by atoms with E-state index in [9.17, 15) is 18.0 Å². The molecule has 1 amide bonds. The summed E-state index contributed by atoms with van der Waals surface area (Å²) >= 11 is 0. The molecule has 1 heterocycles. The molecule has 2 aromatic rings. The van der Waals surface area contributed by atoms with Crippen molar-refractivity contribution in [1.82, 2.24) is 0 Å². The fourth-order valence-electron chi connectivity index (χ4n) is 2.22. The maximum Gasteiger partial charge on any atom is 0.416 e. The van der Waals surface area contributed by atoms with E-state index in [2.05, 4.69) is 10.1 Å². The van der Waals surface area contributed by atoms with E-state index in [4.69, 9.17) is 0 Å². The summed E-state index contributed by atoms with van der Waals surface area (Å²) in [5, 5.41) is 5.38. The molecule has 3 rings (SSSR count). The van der Waals surface area contributed by atoms with E-state index in [-0.39, 0.29) is 11.4 Å². The van der Waals surface area contributed by atoms with Gasteiger partial charge >= 0.3 is 6.18 Å². The van der Waals surface area contributed by atoms with E-state index in [1.54, 1.807) is 31.2 Å². The molecule has 0 aliphatic carbocycles. The lowest BCUT2D eigenvalue weighted by Gasteiger charge is -2.10. The molecule has 0 saturated carbocycles. The van der Waals surface area contributed by atoms with Gasteiger partial charge in [0, 0.05) is 0 Å². The number of benzene rings is 2. The SMILES string of the molecule is CC1=NN(c2ccccc2)C(=O)C1=Nc1ccc(C(F)(F)F)cc1. The van der Waals surface area contributed by atoms with E-state index in [1.807, 2.05) is 6.07 Å². The summed E-state index contributed by atoms with van der Waals surface area (Å²) in [7, 11) is 0. The average Bonchev–Trinajstić information content (AvgIpc) is 2.83. The summed E-state index contributed by atoms with van der Waals surface area (Å²) in [5.41, 5.74) is 0.609. The highest BCUT2D eigenvalue weighted by Crippen LogP contribution is 2.30. The number of amides is 1. The second-order valence-corrected chi connectivity index (χ2v) is 5.14. The van der Waals surface area contributed by atoms with Crippen molar-refractivity contribution in [3.05, 3.63) is 60.2 Å². The van der Waals surface area contributed by atoms with Crippen LogP contribution >= 0.6 is 0 Å². The number of halogens is 3. The predicted molar refractivity (Wildman–Crippen MR) is 85.6 cm³/mol. The van der Waals surface area contributed by atoms with Crippen LogP contribution in [0.1, 0.15) is 12.5 Å². The molecule has 24 heavy (non-hydrogen) atoms. The number of anilines is 1. The molecule has 1 aliphatic heterocycles. The second-order valence-electron chi connectivity index (χ2n) is 5.14. The van der Waals surface area contributed by atoms with Crippen LogP contribution in [0.25, 0.3) is 0 Å². The summed E-state index contributed by atoms with van der Waals surface area (Å²) in [6, 6.07) is 13.1. The Labute approximate surface area is 135 Å². The van der Waals surface area contributed by atoms with Gasteiger partial charge in [-0.15, -0.1) is 0 Å². The molecular weight excluding hydrogens is 319 g/mol. The third kappa shape index (κ3) is 3.05. The fraction of sp³-hybridized carbons (Fsp3) is 0.118. The molecule has 7 heteroatoms. The van der Waals surface area contributed by atoms with Gasteiger partial charge in [0.05, 0.1) is 22.6 Å². The van der Waals surface area contributed by atoms with E-state index in [1.165, 1.54) is 17.1 Å². The number of aliphatic imine (C=N–C) groups is 1. The first-order valence-corrected chi connectivity index (χ1v) is 7.07. The molecule has 0 saturated heterocycles. The van der Waals surface area contributed by atoms with Crippen molar-refractivity contribution in [3.8, 4) is 0 Å². The van der Waals surface area contributed by atoms with Crippen LogP contribution < -0.4 is 5.01 Å². The Balaban J connectivity index is 1.89. The van der Waals surface area contributed by atoms with Gasteiger partial charge < -0.3 is 0 Å².